The lowest BCUT2D eigenvalue weighted by Crippen LogP contribution is -2.12. The number of benzene rings is 8. The molecule has 0 spiro atoms. The van der Waals surface area contributed by atoms with E-state index in [2.05, 4.69) is 194 Å². The van der Waals surface area contributed by atoms with Crippen LogP contribution >= 0.6 is 0 Å². The molecule has 3 nitrogen and oxygen atoms in total. The molecule has 0 fully saturated rings. The molecule has 4 aliphatic rings. The number of hydrogen-bond donors (Lipinski definition) is 0. The molecule has 3 heteroatoms. The van der Waals surface area contributed by atoms with Gasteiger partial charge in [0.15, 0.2) is 0 Å². The zero-order valence-electron chi connectivity index (χ0n) is 30.1. The van der Waals surface area contributed by atoms with Crippen LogP contribution in [-0.4, -0.2) is 5.48 Å². The maximum Gasteiger partial charge on any atom is 0.103 e. The van der Waals surface area contributed by atoms with Crippen molar-refractivity contribution in [1.29, 1.82) is 0 Å². The molecular formula is C52H38O3. The molecule has 8 aromatic carbocycles. The summed E-state index contributed by atoms with van der Waals surface area (Å²) in [6, 6.07) is 51.9. The van der Waals surface area contributed by atoms with Crippen molar-refractivity contribution in [2.24, 2.45) is 0 Å². The summed E-state index contributed by atoms with van der Waals surface area (Å²) in [6.45, 7) is 0. The first-order chi connectivity index (χ1) is 26.8. The lowest BCUT2D eigenvalue weighted by molar-refractivity contribution is 0.0417. The van der Waals surface area contributed by atoms with Gasteiger partial charge in [0, 0.05) is 0 Å². The van der Waals surface area contributed by atoms with Crippen molar-refractivity contribution in [1.82, 2.24) is 0 Å². The van der Waals surface area contributed by atoms with E-state index in [1.54, 1.807) is 0 Å². The van der Waals surface area contributed by atoms with Crippen molar-refractivity contribution < 1.29 is 14.9 Å². The van der Waals surface area contributed by atoms with Crippen LogP contribution in [0.2, 0.25) is 0 Å². The number of hydrogen-bond acceptors (Lipinski definition) is 2. The van der Waals surface area contributed by atoms with E-state index in [1.165, 1.54) is 87.6 Å². The van der Waals surface area contributed by atoms with Crippen LogP contribution in [0.1, 0.15) is 68.9 Å². The van der Waals surface area contributed by atoms with E-state index in [0.29, 0.717) is 0 Å². The van der Waals surface area contributed by atoms with Crippen molar-refractivity contribution in [3.8, 4) is 0 Å². The van der Waals surface area contributed by atoms with Gasteiger partial charge < -0.3 is 14.9 Å². The van der Waals surface area contributed by atoms with Gasteiger partial charge in [-0.25, -0.2) is 0 Å². The van der Waals surface area contributed by atoms with Crippen LogP contribution in [0.4, 0.5) is 0 Å². The highest BCUT2D eigenvalue weighted by atomic mass is 16.5. The second kappa shape index (κ2) is 13.5. The minimum atomic E-state index is -0.0428. The van der Waals surface area contributed by atoms with Crippen LogP contribution in [0, 0.1) is 0 Å². The van der Waals surface area contributed by atoms with Crippen molar-refractivity contribution in [2.75, 3.05) is 0 Å². The first-order valence-electron chi connectivity index (χ1n) is 18.9. The smallest absolute Gasteiger partial charge is 0.103 e. The second-order valence-electron chi connectivity index (χ2n) is 14.6. The predicted octanol–water partition coefficient (Wildman–Crippen LogP) is 12.9. The third-order valence-electron chi connectivity index (χ3n) is 11.5. The minimum Gasteiger partial charge on any atom is -0.412 e. The molecule has 4 unspecified atom stereocenters. The van der Waals surface area contributed by atoms with E-state index in [9.17, 15) is 0 Å². The largest absolute Gasteiger partial charge is 0.412 e. The average molecular weight is 711 g/mol. The van der Waals surface area contributed by atoms with Crippen molar-refractivity contribution in [3.05, 3.63) is 214 Å². The Hall–Kier alpha value is -6.36. The molecule has 0 amide bonds. The zero-order valence-corrected chi connectivity index (χ0v) is 30.1. The third-order valence-corrected chi connectivity index (χ3v) is 11.5. The summed E-state index contributed by atoms with van der Waals surface area (Å²) in [4.78, 5) is 0. The highest BCUT2D eigenvalue weighted by Gasteiger charge is 2.26. The Kier molecular flexibility index (Phi) is 8.15. The van der Waals surface area contributed by atoms with Crippen LogP contribution in [0.5, 0.6) is 0 Å². The van der Waals surface area contributed by atoms with Gasteiger partial charge in [-0.05, 0) is 87.6 Å². The third kappa shape index (κ3) is 5.56. The molecule has 0 saturated heterocycles. The first-order valence-corrected chi connectivity index (χ1v) is 18.9. The molecular weight excluding hydrogens is 673 g/mol. The molecule has 12 rings (SSSR count). The fraction of sp³-hybridized carbons (Fsp3) is 0.0769. The van der Waals surface area contributed by atoms with Crippen molar-refractivity contribution >= 4 is 67.4 Å². The van der Waals surface area contributed by atoms with Crippen LogP contribution in [0.15, 0.2) is 170 Å². The van der Waals surface area contributed by atoms with Gasteiger partial charge in [-0.1, -0.05) is 194 Å². The molecule has 0 aromatic heterocycles. The SMILES string of the molecule is C1=CC(OC2C=Cc3cccc4cccc2c34)c2cccc3cccc1c23.C1=CC(OC2C=Cc3cccc4cccc2c34)c2cccc3cccc1c23.O. The van der Waals surface area contributed by atoms with Crippen molar-refractivity contribution in [3.63, 3.8) is 0 Å². The Morgan fingerprint density at radius 3 is 0.727 bits per heavy atom. The van der Waals surface area contributed by atoms with Crippen LogP contribution in [-0.2, 0) is 9.47 Å². The van der Waals surface area contributed by atoms with Gasteiger partial charge in [-0.15, -0.1) is 0 Å². The molecule has 2 N–H and O–H groups in total. The normalized spacial score (nSPS) is 19.3. The van der Waals surface area contributed by atoms with Gasteiger partial charge in [-0.2, -0.15) is 0 Å². The topological polar surface area (TPSA) is 50.0 Å². The van der Waals surface area contributed by atoms with Crippen molar-refractivity contribution in [2.45, 2.75) is 24.4 Å². The Labute approximate surface area is 320 Å². The minimum absolute atomic E-state index is 0. The summed E-state index contributed by atoms with van der Waals surface area (Å²) < 4.78 is 13.3. The van der Waals surface area contributed by atoms with E-state index in [0.717, 1.165) is 0 Å². The second-order valence-corrected chi connectivity index (χ2v) is 14.6. The Morgan fingerprint density at radius 1 is 0.273 bits per heavy atom. The average Bonchev–Trinajstić information content (AvgIpc) is 3.23. The quantitative estimate of drug-likeness (QED) is 0.183. The predicted molar refractivity (Wildman–Crippen MR) is 229 cm³/mol. The monoisotopic (exact) mass is 710 g/mol. The maximum atomic E-state index is 6.65. The van der Waals surface area contributed by atoms with E-state index in [4.69, 9.17) is 9.47 Å². The first kappa shape index (κ1) is 33.2. The summed E-state index contributed by atoms with van der Waals surface area (Å²) in [7, 11) is 0. The van der Waals surface area contributed by atoms with E-state index >= 15 is 0 Å². The summed E-state index contributed by atoms with van der Waals surface area (Å²) in [5, 5.41) is 10.3. The van der Waals surface area contributed by atoms with Gasteiger partial charge in [0.05, 0.1) is 0 Å². The zero-order chi connectivity index (χ0) is 35.6. The highest BCUT2D eigenvalue weighted by molar-refractivity contribution is 5.98. The van der Waals surface area contributed by atoms with Gasteiger partial charge in [0.25, 0.3) is 0 Å². The Morgan fingerprint density at radius 2 is 0.491 bits per heavy atom. The fourth-order valence-corrected chi connectivity index (χ4v) is 9.07. The van der Waals surface area contributed by atoms with Gasteiger partial charge in [-0.3, -0.25) is 0 Å². The molecule has 4 atom stereocenters. The molecule has 0 aliphatic heterocycles. The van der Waals surface area contributed by atoms with E-state index in [-0.39, 0.29) is 29.9 Å². The Bertz CT molecular complexity index is 2510. The standard InChI is InChI=1S/2C26H18O.H2O/c2*1-5-17-9-3-11-21-23(15-13-19(7-1)25(17)21)27-24-16-14-20-8-2-6-18-10-4-12-22(24)26(18)20;/h2*1-16,23-24H;1H2. The lowest BCUT2D eigenvalue weighted by Gasteiger charge is -2.28. The molecule has 55 heavy (non-hydrogen) atoms. The molecule has 264 valence electrons. The summed E-state index contributed by atoms with van der Waals surface area (Å²) in [5.41, 5.74) is 10.1. The maximum absolute atomic E-state index is 6.65. The number of rotatable bonds is 4. The summed E-state index contributed by atoms with van der Waals surface area (Å²) >= 11 is 0. The van der Waals surface area contributed by atoms with E-state index < -0.39 is 0 Å². The van der Waals surface area contributed by atoms with Crippen LogP contribution in [0.3, 0.4) is 0 Å². The molecule has 0 radical (unpaired) electrons. The fourth-order valence-electron chi connectivity index (χ4n) is 9.07. The number of ether oxygens (including phenoxy) is 2. The molecule has 0 heterocycles. The van der Waals surface area contributed by atoms with Crippen LogP contribution in [0.25, 0.3) is 67.4 Å². The lowest BCUT2D eigenvalue weighted by atomic mass is 9.89. The molecule has 4 aliphatic carbocycles. The highest BCUT2D eigenvalue weighted by Crippen LogP contribution is 2.43. The summed E-state index contributed by atoms with van der Waals surface area (Å²) in [5.74, 6) is 0. The van der Waals surface area contributed by atoms with Gasteiger partial charge in [0.2, 0.25) is 0 Å². The summed E-state index contributed by atoms with van der Waals surface area (Å²) in [6.07, 6.45) is 17.4. The molecule has 0 bridgehead atoms. The van der Waals surface area contributed by atoms with Crippen LogP contribution < -0.4 is 0 Å². The van der Waals surface area contributed by atoms with Gasteiger partial charge >= 0.3 is 0 Å². The Balaban J connectivity index is 0.000000133. The molecule has 8 aromatic rings. The van der Waals surface area contributed by atoms with E-state index in [1.807, 2.05) is 0 Å². The molecule has 0 saturated carbocycles. The van der Waals surface area contributed by atoms with Gasteiger partial charge in [0.1, 0.15) is 24.4 Å².